The molecule has 0 radical (unpaired) electrons. The predicted octanol–water partition coefficient (Wildman–Crippen LogP) is 4.39. The molecule has 4 rings (SSSR count). The average Bonchev–Trinajstić information content (AvgIpc) is 3.19. The van der Waals surface area contributed by atoms with Gasteiger partial charge in [-0.15, -0.1) is 5.10 Å². The summed E-state index contributed by atoms with van der Waals surface area (Å²) >= 11 is 0. The number of fused-ring (bicyclic) bond motifs is 2. The summed E-state index contributed by atoms with van der Waals surface area (Å²) in [6.45, 7) is 5.87. The first-order valence-corrected chi connectivity index (χ1v) is 9.23. The highest BCUT2D eigenvalue weighted by Gasteiger charge is 2.26. The zero-order valence-electron chi connectivity index (χ0n) is 16.2. The van der Waals surface area contributed by atoms with E-state index in [1.807, 2.05) is 19.1 Å². The van der Waals surface area contributed by atoms with E-state index >= 15 is 0 Å². The Morgan fingerprint density at radius 1 is 1.14 bits per heavy atom. The Bertz CT molecular complexity index is 1170. The molecular weight excluding hydrogens is 383 g/mol. The number of pyridine rings is 1. The molecular formula is C19H20F3N7. The number of nitrogens with one attached hydrogen (secondary N) is 1. The smallest absolute Gasteiger partial charge is 0.353 e. The Balaban J connectivity index is 1.67. The summed E-state index contributed by atoms with van der Waals surface area (Å²) in [6, 6.07) is 4.17. The molecule has 0 aliphatic rings. The third-order valence-corrected chi connectivity index (χ3v) is 4.66. The van der Waals surface area contributed by atoms with Crippen molar-refractivity contribution in [3.63, 3.8) is 0 Å². The summed E-state index contributed by atoms with van der Waals surface area (Å²) in [4.78, 5) is 13.1. The van der Waals surface area contributed by atoms with E-state index in [9.17, 15) is 13.2 Å². The van der Waals surface area contributed by atoms with Gasteiger partial charge in [-0.1, -0.05) is 0 Å². The molecule has 0 atom stereocenters. The lowest BCUT2D eigenvalue weighted by Crippen LogP contribution is -2.16. The lowest BCUT2D eigenvalue weighted by Gasteiger charge is -2.11. The van der Waals surface area contributed by atoms with Gasteiger partial charge < -0.3 is 9.88 Å². The monoisotopic (exact) mass is 403 g/mol. The van der Waals surface area contributed by atoms with E-state index in [0.717, 1.165) is 28.0 Å². The molecule has 4 aromatic heterocycles. The van der Waals surface area contributed by atoms with Gasteiger partial charge in [0.1, 0.15) is 5.82 Å². The summed E-state index contributed by atoms with van der Waals surface area (Å²) < 4.78 is 40.6. The molecule has 29 heavy (non-hydrogen) atoms. The summed E-state index contributed by atoms with van der Waals surface area (Å²) in [5.74, 6) is 1.05. The third-order valence-electron chi connectivity index (χ3n) is 4.66. The zero-order valence-corrected chi connectivity index (χ0v) is 16.2. The molecule has 0 aliphatic heterocycles. The summed E-state index contributed by atoms with van der Waals surface area (Å²) in [5.41, 5.74) is 4.15. The highest BCUT2D eigenvalue weighted by atomic mass is 19.4. The minimum absolute atomic E-state index is 0.144. The van der Waals surface area contributed by atoms with E-state index in [4.69, 9.17) is 0 Å². The van der Waals surface area contributed by atoms with Gasteiger partial charge in [0.15, 0.2) is 5.65 Å². The molecule has 0 aromatic carbocycles. The van der Waals surface area contributed by atoms with Crippen molar-refractivity contribution < 1.29 is 13.2 Å². The van der Waals surface area contributed by atoms with Crippen LogP contribution in [0.5, 0.6) is 0 Å². The van der Waals surface area contributed by atoms with Gasteiger partial charge >= 0.3 is 6.18 Å². The van der Waals surface area contributed by atoms with Gasteiger partial charge in [0.25, 0.3) is 0 Å². The summed E-state index contributed by atoms with van der Waals surface area (Å²) in [7, 11) is 0. The number of alkyl halides is 3. The van der Waals surface area contributed by atoms with E-state index in [2.05, 4.69) is 43.8 Å². The molecule has 4 heterocycles. The third kappa shape index (κ3) is 3.74. The van der Waals surface area contributed by atoms with Crippen LogP contribution >= 0.6 is 0 Å². The molecule has 0 bridgehead atoms. The van der Waals surface area contributed by atoms with E-state index in [1.54, 1.807) is 23.1 Å². The topological polar surface area (TPSA) is 72.9 Å². The van der Waals surface area contributed by atoms with Crippen LogP contribution in [0, 0.1) is 6.92 Å². The highest BCUT2D eigenvalue weighted by molar-refractivity contribution is 5.85. The predicted molar refractivity (Wildman–Crippen MR) is 104 cm³/mol. The van der Waals surface area contributed by atoms with Crippen LogP contribution in [0.3, 0.4) is 0 Å². The number of aromatic nitrogens is 6. The lowest BCUT2D eigenvalue weighted by molar-refractivity contribution is -0.131. The van der Waals surface area contributed by atoms with Crippen LogP contribution in [0.15, 0.2) is 30.7 Å². The second-order valence-corrected chi connectivity index (χ2v) is 7.12. The molecule has 7 nitrogen and oxygen atoms in total. The molecule has 0 amide bonds. The fraction of sp³-hybridized carbons (Fsp3) is 0.368. The number of imidazole rings is 1. The standard InChI is InChI=1S/C19H20F3N7/c1-11(2)29-12(3)26-17-15(29)8-13(9-24-17)14-4-7-28-16(14)10-25-18(27-28)23-6-5-19(20,21)22/h4,7-11H,5-6H2,1-3H3,(H,23,27). The van der Waals surface area contributed by atoms with Gasteiger partial charge in [-0.05, 0) is 32.9 Å². The maximum Gasteiger partial charge on any atom is 0.390 e. The second-order valence-electron chi connectivity index (χ2n) is 7.12. The minimum Gasteiger partial charge on any atom is -0.353 e. The number of hydrogen-bond donors (Lipinski definition) is 1. The normalized spacial score (nSPS) is 12.4. The first kappa shape index (κ1) is 19.2. The van der Waals surface area contributed by atoms with Gasteiger partial charge in [0.2, 0.25) is 5.95 Å². The molecule has 1 N–H and O–H groups in total. The van der Waals surface area contributed by atoms with Gasteiger partial charge in [-0.3, -0.25) is 0 Å². The molecule has 0 saturated heterocycles. The van der Waals surface area contributed by atoms with Crippen molar-refractivity contribution in [2.75, 3.05) is 11.9 Å². The summed E-state index contributed by atoms with van der Waals surface area (Å²) in [6.07, 6.45) is -0.0711. The van der Waals surface area contributed by atoms with Crippen LogP contribution < -0.4 is 5.32 Å². The number of anilines is 1. The number of halogens is 3. The minimum atomic E-state index is -4.22. The van der Waals surface area contributed by atoms with Crippen molar-refractivity contribution in [2.24, 2.45) is 0 Å². The number of aryl methyl sites for hydroxylation is 1. The fourth-order valence-electron chi connectivity index (χ4n) is 3.43. The van der Waals surface area contributed by atoms with Crippen LogP contribution in [0.1, 0.15) is 32.1 Å². The summed E-state index contributed by atoms with van der Waals surface area (Å²) in [5, 5.41) is 6.84. The molecule has 10 heteroatoms. The van der Waals surface area contributed by atoms with Crippen LogP contribution in [-0.4, -0.2) is 41.9 Å². The van der Waals surface area contributed by atoms with Crippen LogP contribution in [0.25, 0.3) is 27.8 Å². The lowest BCUT2D eigenvalue weighted by atomic mass is 10.1. The van der Waals surface area contributed by atoms with Crippen molar-refractivity contribution in [1.82, 2.24) is 29.1 Å². The van der Waals surface area contributed by atoms with E-state index < -0.39 is 12.6 Å². The number of hydrogen-bond acceptors (Lipinski definition) is 5. The van der Waals surface area contributed by atoms with Crippen LogP contribution in [0.4, 0.5) is 19.1 Å². The maximum absolute atomic E-state index is 12.3. The zero-order chi connectivity index (χ0) is 20.8. The molecule has 0 aliphatic carbocycles. The van der Waals surface area contributed by atoms with Crippen LogP contribution in [0.2, 0.25) is 0 Å². The maximum atomic E-state index is 12.3. The van der Waals surface area contributed by atoms with E-state index in [0.29, 0.717) is 5.65 Å². The Labute approximate surface area is 164 Å². The first-order valence-electron chi connectivity index (χ1n) is 9.23. The van der Waals surface area contributed by atoms with Gasteiger partial charge in [0.05, 0.1) is 23.7 Å². The fourth-order valence-corrected chi connectivity index (χ4v) is 3.43. The Morgan fingerprint density at radius 3 is 2.66 bits per heavy atom. The van der Waals surface area contributed by atoms with Gasteiger partial charge in [-0.2, -0.15) is 13.2 Å². The SMILES string of the molecule is Cc1nc2ncc(-c3ccn4nc(NCCC(F)(F)F)ncc34)cc2n1C(C)C. The van der Waals surface area contributed by atoms with Gasteiger partial charge in [-0.25, -0.2) is 19.5 Å². The van der Waals surface area contributed by atoms with E-state index in [1.165, 1.54) is 0 Å². The molecule has 0 saturated carbocycles. The first-order chi connectivity index (χ1) is 13.7. The van der Waals surface area contributed by atoms with Crippen molar-refractivity contribution in [2.45, 2.75) is 39.4 Å². The highest BCUT2D eigenvalue weighted by Crippen LogP contribution is 2.29. The van der Waals surface area contributed by atoms with Gasteiger partial charge in [0, 0.05) is 36.1 Å². The van der Waals surface area contributed by atoms with Crippen molar-refractivity contribution in [1.29, 1.82) is 0 Å². The Morgan fingerprint density at radius 2 is 1.93 bits per heavy atom. The van der Waals surface area contributed by atoms with Crippen molar-refractivity contribution >= 4 is 22.6 Å². The number of rotatable bonds is 5. The van der Waals surface area contributed by atoms with Crippen molar-refractivity contribution in [3.05, 3.63) is 36.5 Å². The molecule has 0 unspecified atom stereocenters. The second kappa shape index (κ2) is 7.02. The quantitative estimate of drug-likeness (QED) is 0.535. The Kier molecular flexibility index (Phi) is 4.64. The largest absolute Gasteiger partial charge is 0.390 e. The van der Waals surface area contributed by atoms with Crippen molar-refractivity contribution in [3.8, 4) is 11.1 Å². The molecule has 0 spiro atoms. The average molecular weight is 403 g/mol. The molecule has 4 aromatic rings. The number of nitrogens with zero attached hydrogens (tertiary/aromatic N) is 6. The van der Waals surface area contributed by atoms with E-state index in [-0.39, 0.29) is 18.5 Å². The molecule has 0 fully saturated rings. The molecule has 152 valence electrons. The van der Waals surface area contributed by atoms with Crippen LogP contribution in [-0.2, 0) is 0 Å². The Hall–Kier alpha value is -3.17.